The van der Waals surface area contributed by atoms with Crippen LogP contribution in [0.3, 0.4) is 0 Å². The van der Waals surface area contributed by atoms with E-state index in [9.17, 15) is 19.5 Å². The number of hydrogen-bond acceptors (Lipinski definition) is 9. The van der Waals surface area contributed by atoms with E-state index in [0.29, 0.717) is 5.56 Å². The molecule has 9 heteroatoms. The van der Waals surface area contributed by atoms with Gasteiger partial charge in [-0.25, -0.2) is 14.4 Å². The highest BCUT2D eigenvalue weighted by Gasteiger charge is 2.60. The van der Waals surface area contributed by atoms with Gasteiger partial charge in [-0.1, -0.05) is 176 Å². The molecule has 0 bridgehead atoms. The van der Waals surface area contributed by atoms with Gasteiger partial charge < -0.3 is 28.8 Å². The molecule has 9 nitrogen and oxygen atoms in total. The van der Waals surface area contributed by atoms with Gasteiger partial charge >= 0.3 is 17.9 Å². The fraction of sp³-hybridized carbons (Fsp3) is 0.151. The number of hydrogen-bond donors (Lipinski definition) is 1. The monoisotopic (exact) mass is 824 g/mol. The predicted octanol–water partition coefficient (Wildman–Crippen LogP) is 9.00. The molecule has 1 saturated heterocycles. The molecule has 62 heavy (non-hydrogen) atoms. The van der Waals surface area contributed by atoms with Gasteiger partial charge in [-0.15, -0.1) is 0 Å². The van der Waals surface area contributed by atoms with Crippen LogP contribution in [-0.2, 0) is 35.7 Å². The Hall–Kier alpha value is -7.17. The van der Waals surface area contributed by atoms with E-state index in [1.54, 1.807) is 115 Å². The third-order valence-corrected chi connectivity index (χ3v) is 10.8. The molecule has 5 atom stereocenters. The summed E-state index contributed by atoms with van der Waals surface area (Å²) in [6.45, 7) is -0.332. The van der Waals surface area contributed by atoms with Crippen LogP contribution in [0.15, 0.2) is 212 Å². The van der Waals surface area contributed by atoms with Gasteiger partial charge in [0, 0.05) is 6.42 Å². The van der Waals surface area contributed by atoms with Crippen LogP contribution in [0.25, 0.3) is 0 Å². The minimum absolute atomic E-state index is 0.171. The van der Waals surface area contributed by atoms with Gasteiger partial charge in [0.1, 0.15) is 11.7 Å². The predicted molar refractivity (Wildman–Crippen MR) is 232 cm³/mol. The number of rotatable bonds is 14. The Morgan fingerprint density at radius 2 is 0.806 bits per heavy atom. The molecule has 0 amide bonds. The Labute approximate surface area is 360 Å². The van der Waals surface area contributed by atoms with E-state index < -0.39 is 53.7 Å². The van der Waals surface area contributed by atoms with Crippen molar-refractivity contribution < 1.29 is 43.2 Å². The zero-order valence-electron chi connectivity index (χ0n) is 33.6. The van der Waals surface area contributed by atoms with E-state index in [4.69, 9.17) is 23.7 Å². The van der Waals surface area contributed by atoms with Crippen LogP contribution in [0, 0.1) is 0 Å². The number of esters is 3. The third kappa shape index (κ3) is 9.11. The number of carbonyl (C=O) groups excluding carboxylic acids is 3. The van der Waals surface area contributed by atoms with Crippen molar-refractivity contribution in [3.8, 4) is 0 Å². The van der Waals surface area contributed by atoms with Gasteiger partial charge in [-0.2, -0.15) is 0 Å². The summed E-state index contributed by atoms with van der Waals surface area (Å²) in [5, 5.41) is 13.1. The Morgan fingerprint density at radius 3 is 1.21 bits per heavy atom. The average Bonchev–Trinajstić information content (AvgIpc) is 3.33. The molecule has 0 unspecified atom stereocenters. The second kappa shape index (κ2) is 19.0. The molecule has 1 aliphatic rings. The van der Waals surface area contributed by atoms with Gasteiger partial charge in [0.25, 0.3) is 0 Å². The van der Waals surface area contributed by atoms with Gasteiger partial charge in [-0.3, -0.25) is 0 Å². The summed E-state index contributed by atoms with van der Waals surface area (Å²) in [6, 6.07) is 62.9. The molecule has 7 aromatic carbocycles. The molecule has 310 valence electrons. The molecular formula is C53H44O9. The quantitative estimate of drug-likeness (QED) is 0.0652. The summed E-state index contributed by atoms with van der Waals surface area (Å²) in [4.78, 5) is 42.5. The Morgan fingerprint density at radius 1 is 0.468 bits per heavy atom. The minimum Gasteiger partial charge on any atom is -0.452 e. The summed E-state index contributed by atoms with van der Waals surface area (Å²) in [6.07, 6.45) is -6.46. The second-order valence-corrected chi connectivity index (χ2v) is 14.9. The van der Waals surface area contributed by atoms with Crippen molar-refractivity contribution in [1.82, 2.24) is 0 Å². The fourth-order valence-corrected chi connectivity index (χ4v) is 7.89. The molecule has 0 saturated carbocycles. The normalized spacial score (nSPS) is 19.8. The second-order valence-electron chi connectivity index (χ2n) is 14.9. The lowest BCUT2D eigenvalue weighted by atomic mass is 9.80. The Balaban J connectivity index is 1.29. The molecule has 0 radical (unpaired) electrons. The lowest BCUT2D eigenvalue weighted by Gasteiger charge is -2.49. The summed E-state index contributed by atoms with van der Waals surface area (Å²) in [5.74, 6) is -4.79. The van der Waals surface area contributed by atoms with E-state index >= 15 is 0 Å². The molecule has 0 aliphatic carbocycles. The molecule has 1 fully saturated rings. The van der Waals surface area contributed by atoms with Crippen LogP contribution in [-0.4, -0.2) is 59.8 Å². The molecule has 1 heterocycles. The van der Waals surface area contributed by atoms with Gasteiger partial charge in [0.05, 0.1) is 23.3 Å². The Kier molecular flexibility index (Phi) is 12.8. The molecule has 0 spiro atoms. The van der Waals surface area contributed by atoms with Crippen molar-refractivity contribution in [1.29, 1.82) is 0 Å². The van der Waals surface area contributed by atoms with Crippen molar-refractivity contribution in [3.63, 3.8) is 0 Å². The SMILES string of the molecule is O=C(O[C@H]1[C@H](OC(=O)c2ccccc2)[C@H](OC(=O)c2ccccc2)[C@@](O)(Cc2ccccc2)O[C@H]1COC(c1ccccc1)(c1ccccc1)c1ccccc1)c1ccccc1. The molecular weight excluding hydrogens is 781 g/mol. The van der Waals surface area contributed by atoms with Crippen LogP contribution in [0.2, 0.25) is 0 Å². The van der Waals surface area contributed by atoms with Gasteiger partial charge in [0.15, 0.2) is 18.3 Å². The lowest BCUT2D eigenvalue weighted by Crippen LogP contribution is -2.69. The number of aliphatic hydroxyl groups is 1. The van der Waals surface area contributed by atoms with Gasteiger partial charge in [0.2, 0.25) is 5.79 Å². The van der Waals surface area contributed by atoms with Crippen LogP contribution in [0.1, 0.15) is 53.3 Å². The van der Waals surface area contributed by atoms with Crippen LogP contribution >= 0.6 is 0 Å². The first-order valence-corrected chi connectivity index (χ1v) is 20.4. The molecule has 1 N–H and O–H groups in total. The summed E-state index contributed by atoms with van der Waals surface area (Å²) in [5.41, 5.74) is 2.25. The maximum Gasteiger partial charge on any atom is 0.338 e. The fourth-order valence-electron chi connectivity index (χ4n) is 7.89. The Bertz CT molecular complexity index is 2430. The molecule has 7 aromatic rings. The highest BCUT2D eigenvalue weighted by atomic mass is 16.7. The topological polar surface area (TPSA) is 118 Å². The largest absolute Gasteiger partial charge is 0.452 e. The first kappa shape index (κ1) is 41.6. The highest BCUT2D eigenvalue weighted by Crippen LogP contribution is 2.43. The van der Waals surface area contributed by atoms with E-state index in [2.05, 4.69) is 0 Å². The average molecular weight is 825 g/mol. The van der Waals surface area contributed by atoms with Crippen molar-refractivity contribution >= 4 is 17.9 Å². The molecule has 0 aromatic heterocycles. The van der Waals surface area contributed by atoms with Crippen LogP contribution in [0.4, 0.5) is 0 Å². The number of carbonyl (C=O) groups is 3. The smallest absolute Gasteiger partial charge is 0.338 e. The van der Waals surface area contributed by atoms with Crippen LogP contribution in [0.5, 0.6) is 0 Å². The highest BCUT2D eigenvalue weighted by molar-refractivity contribution is 5.91. The zero-order valence-corrected chi connectivity index (χ0v) is 33.6. The first-order chi connectivity index (χ1) is 30.3. The summed E-state index contributed by atoms with van der Waals surface area (Å²) in [7, 11) is 0. The van der Waals surface area contributed by atoms with Crippen molar-refractivity contribution in [2.24, 2.45) is 0 Å². The minimum atomic E-state index is -2.38. The summed E-state index contributed by atoms with van der Waals surface area (Å²) < 4.78 is 32.9. The molecule has 1 aliphatic heterocycles. The van der Waals surface area contributed by atoms with Crippen molar-refractivity contribution in [2.45, 2.75) is 42.2 Å². The van der Waals surface area contributed by atoms with E-state index in [1.165, 1.54) is 0 Å². The molecule has 8 rings (SSSR count). The van der Waals surface area contributed by atoms with E-state index in [1.807, 2.05) is 97.1 Å². The lowest BCUT2D eigenvalue weighted by molar-refractivity contribution is -0.348. The number of ether oxygens (including phenoxy) is 5. The van der Waals surface area contributed by atoms with Crippen LogP contribution < -0.4 is 0 Å². The van der Waals surface area contributed by atoms with E-state index in [-0.39, 0.29) is 29.7 Å². The van der Waals surface area contributed by atoms with E-state index in [0.717, 1.165) is 16.7 Å². The standard InChI is InChI=1S/C53H44O9/c54-49(39-24-10-2-11-25-39)59-46-45(37-58-53(42-30-16-5-17-31-42,43-32-18-6-19-33-43)44-34-20-7-21-35-44)62-52(57,36-38-22-8-1-9-23-38)48(61-51(56)41-28-14-4-15-29-41)47(46)60-50(55)40-26-12-3-13-27-40/h1-35,45-48,57H,36-37H2/t45-,46+,47-,48-,52+/m0/s1. The van der Waals surface area contributed by atoms with Gasteiger partial charge in [-0.05, 0) is 58.7 Å². The maximum absolute atomic E-state index is 14.2. The zero-order chi connectivity index (χ0) is 42.8. The number of benzene rings is 7. The van der Waals surface area contributed by atoms with Crippen molar-refractivity contribution in [2.75, 3.05) is 6.61 Å². The third-order valence-electron chi connectivity index (χ3n) is 10.8. The first-order valence-electron chi connectivity index (χ1n) is 20.4. The summed E-state index contributed by atoms with van der Waals surface area (Å²) >= 11 is 0. The maximum atomic E-state index is 14.2. The van der Waals surface area contributed by atoms with Crippen molar-refractivity contribution in [3.05, 3.63) is 251 Å².